The van der Waals surface area contributed by atoms with Gasteiger partial charge in [-0.25, -0.2) is 0 Å². The first-order valence-corrected chi connectivity index (χ1v) is 9.20. The van der Waals surface area contributed by atoms with Crippen molar-refractivity contribution in [2.24, 2.45) is 10.9 Å². The minimum Gasteiger partial charge on any atom is -0.379 e. The van der Waals surface area contributed by atoms with Crippen LogP contribution in [0.2, 0.25) is 0 Å². The first-order valence-electron chi connectivity index (χ1n) is 9.20. The Balaban J connectivity index is 0.00000288. The van der Waals surface area contributed by atoms with Crippen LogP contribution in [0.5, 0.6) is 0 Å². The molecule has 1 atom stereocenters. The normalized spacial score (nSPS) is 20.9. The molecule has 6 heteroatoms. The van der Waals surface area contributed by atoms with Gasteiger partial charge in [0, 0.05) is 31.7 Å². The summed E-state index contributed by atoms with van der Waals surface area (Å²) >= 11 is 0. The Morgan fingerprint density at radius 1 is 1.25 bits per heavy atom. The number of halogens is 1. The van der Waals surface area contributed by atoms with Gasteiger partial charge in [-0.2, -0.15) is 0 Å². The monoisotopic (exact) mass is 450 g/mol. The zero-order valence-electron chi connectivity index (χ0n) is 15.5. The van der Waals surface area contributed by atoms with E-state index in [1.165, 1.54) is 6.42 Å². The van der Waals surface area contributed by atoms with E-state index in [0.29, 0.717) is 18.0 Å². The Labute approximate surface area is 164 Å². The maximum Gasteiger partial charge on any atom is 0.191 e. The Morgan fingerprint density at radius 2 is 1.92 bits per heavy atom. The summed E-state index contributed by atoms with van der Waals surface area (Å²) in [4.78, 5) is 7.44. The van der Waals surface area contributed by atoms with Crippen LogP contribution in [0.1, 0.15) is 40.0 Å². The summed E-state index contributed by atoms with van der Waals surface area (Å²) in [5, 5.41) is 6.95. The number of aliphatic imine (C=N–C) groups is 1. The van der Waals surface area contributed by atoms with Gasteiger partial charge >= 0.3 is 0 Å². The van der Waals surface area contributed by atoms with Crippen molar-refractivity contribution in [3.63, 3.8) is 0 Å². The highest BCUT2D eigenvalue weighted by Gasteiger charge is 2.22. The molecule has 2 aliphatic rings. The lowest BCUT2D eigenvalue weighted by Gasteiger charge is -2.34. The van der Waals surface area contributed by atoms with Crippen LogP contribution < -0.4 is 10.6 Å². The molecule has 1 fully saturated rings. The predicted octanol–water partition coefficient (Wildman–Crippen LogP) is 2.63. The Morgan fingerprint density at radius 3 is 2.50 bits per heavy atom. The highest BCUT2D eigenvalue weighted by molar-refractivity contribution is 14.0. The van der Waals surface area contributed by atoms with Crippen molar-refractivity contribution in [2.75, 3.05) is 39.4 Å². The molecule has 24 heavy (non-hydrogen) atoms. The van der Waals surface area contributed by atoms with Gasteiger partial charge in [-0.3, -0.25) is 9.89 Å². The van der Waals surface area contributed by atoms with E-state index < -0.39 is 0 Å². The minimum atomic E-state index is 0. The van der Waals surface area contributed by atoms with Gasteiger partial charge in [0.15, 0.2) is 5.96 Å². The van der Waals surface area contributed by atoms with Gasteiger partial charge in [-0.15, -0.1) is 24.0 Å². The zero-order chi connectivity index (χ0) is 16.5. The molecule has 1 aliphatic carbocycles. The number of hydrogen-bond donors (Lipinski definition) is 2. The molecule has 0 aromatic rings. The third-order valence-electron chi connectivity index (χ3n) is 4.46. The lowest BCUT2D eigenvalue weighted by molar-refractivity contribution is 0.0143. The lowest BCUT2D eigenvalue weighted by atomic mass is 10.0. The molecule has 0 radical (unpaired) electrons. The van der Waals surface area contributed by atoms with Gasteiger partial charge in [0.25, 0.3) is 0 Å². The quantitative estimate of drug-likeness (QED) is 0.271. The molecule has 0 aromatic heterocycles. The number of morpholine rings is 1. The summed E-state index contributed by atoms with van der Waals surface area (Å²) in [5.74, 6) is 1.65. The molecule has 140 valence electrons. The van der Waals surface area contributed by atoms with Crippen LogP contribution in [-0.2, 0) is 4.74 Å². The summed E-state index contributed by atoms with van der Waals surface area (Å²) in [6.07, 6.45) is 7.88. The van der Waals surface area contributed by atoms with Gasteiger partial charge in [-0.05, 0) is 32.1 Å². The van der Waals surface area contributed by atoms with Gasteiger partial charge in [-0.1, -0.05) is 26.0 Å². The molecule has 2 N–H and O–H groups in total. The molecule has 0 bridgehead atoms. The largest absolute Gasteiger partial charge is 0.379 e. The van der Waals surface area contributed by atoms with Crippen molar-refractivity contribution >= 4 is 29.9 Å². The number of nitrogens with zero attached hydrogens (tertiary/aromatic N) is 2. The van der Waals surface area contributed by atoms with Crippen LogP contribution in [0.4, 0.5) is 0 Å². The van der Waals surface area contributed by atoms with Crippen LogP contribution in [0.15, 0.2) is 17.1 Å². The fraction of sp³-hybridized carbons (Fsp3) is 0.833. The van der Waals surface area contributed by atoms with Crippen LogP contribution in [0.3, 0.4) is 0 Å². The zero-order valence-corrected chi connectivity index (χ0v) is 17.8. The number of nitrogens with one attached hydrogen (secondary N) is 2. The first-order chi connectivity index (χ1) is 11.2. The predicted molar refractivity (Wildman–Crippen MR) is 112 cm³/mol. The molecule has 2 rings (SSSR count). The molecular formula is C18H35IN4O. The topological polar surface area (TPSA) is 48.9 Å². The summed E-state index contributed by atoms with van der Waals surface area (Å²) in [7, 11) is 0. The highest BCUT2D eigenvalue weighted by Crippen LogP contribution is 2.14. The smallest absolute Gasteiger partial charge is 0.191 e. The Kier molecular flexibility index (Phi) is 10.9. The van der Waals surface area contributed by atoms with Crippen molar-refractivity contribution < 1.29 is 4.74 Å². The van der Waals surface area contributed by atoms with Crippen LogP contribution in [0.25, 0.3) is 0 Å². The van der Waals surface area contributed by atoms with E-state index in [1.807, 2.05) is 0 Å². The summed E-state index contributed by atoms with van der Waals surface area (Å²) < 4.78 is 5.50. The molecule has 0 aromatic carbocycles. The molecule has 5 nitrogen and oxygen atoms in total. The fourth-order valence-corrected chi connectivity index (χ4v) is 3.27. The van der Waals surface area contributed by atoms with Gasteiger partial charge in [0.2, 0.25) is 0 Å². The van der Waals surface area contributed by atoms with Crippen molar-refractivity contribution in [3.05, 3.63) is 12.2 Å². The molecule has 0 spiro atoms. The standard InChI is InChI=1S/C18H34N4O.HI/c1-4-19-18(21-16-7-5-6-8-16)20-14-17(13-15(2)3)22-9-11-23-12-10-22;/h5-6,15-17H,4,7-14H2,1-3H3,(H2,19,20,21);1H. The third-order valence-corrected chi connectivity index (χ3v) is 4.46. The van der Waals surface area contributed by atoms with Crippen LogP contribution in [0, 0.1) is 5.92 Å². The van der Waals surface area contributed by atoms with Crippen molar-refractivity contribution in [1.82, 2.24) is 15.5 Å². The second-order valence-electron chi connectivity index (χ2n) is 6.94. The molecule has 1 aliphatic heterocycles. The minimum absolute atomic E-state index is 0. The fourth-order valence-electron chi connectivity index (χ4n) is 3.27. The molecule has 0 amide bonds. The maximum absolute atomic E-state index is 5.50. The first kappa shape index (κ1) is 21.7. The maximum atomic E-state index is 5.50. The van der Waals surface area contributed by atoms with E-state index >= 15 is 0 Å². The Bertz CT molecular complexity index is 386. The highest BCUT2D eigenvalue weighted by atomic mass is 127. The average molecular weight is 450 g/mol. The van der Waals surface area contributed by atoms with Crippen molar-refractivity contribution in [1.29, 1.82) is 0 Å². The molecular weight excluding hydrogens is 415 g/mol. The van der Waals surface area contributed by atoms with E-state index in [2.05, 4.69) is 48.5 Å². The molecule has 1 unspecified atom stereocenters. The van der Waals surface area contributed by atoms with Crippen LogP contribution >= 0.6 is 24.0 Å². The van der Waals surface area contributed by atoms with E-state index in [0.717, 1.165) is 58.2 Å². The summed E-state index contributed by atoms with van der Waals surface area (Å²) in [6.45, 7) is 12.2. The van der Waals surface area contributed by atoms with Gasteiger partial charge < -0.3 is 15.4 Å². The Hall–Kier alpha value is -0.340. The van der Waals surface area contributed by atoms with E-state index in [4.69, 9.17) is 9.73 Å². The SMILES string of the molecule is CCNC(=NCC(CC(C)C)N1CCOCC1)NC1CC=CC1.I. The lowest BCUT2D eigenvalue weighted by Crippen LogP contribution is -2.47. The van der Waals surface area contributed by atoms with Crippen molar-refractivity contribution in [3.8, 4) is 0 Å². The average Bonchev–Trinajstić information content (AvgIpc) is 3.05. The summed E-state index contributed by atoms with van der Waals surface area (Å²) in [6, 6.07) is 1.01. The second kappa shape index (κ2) is 12.1. The van der Waals surface area contributed by atoms with E-state index in [1.54, 1.807) is 0 Å². The van der Waals surface area contributed by atoms with Gasteiger partial charge in [0.05, 0.1) is 19.8 Å². The molecule has 0 saturated carbocycles. The second-order valence-corrected chi connectivity index (χ2v) is 6.94. The number of hydrogen-bond acceptors (Lipinski definition) is 3. The van der Waals surface area contributed by atoms with E-state index in [9.17, 15) is 0 Å². The molecule has 1 saturated heterocycles. The van der Waals surface area contributed by atoms with E-state index in [-0.39, 0.29) is 24.0 Å². The number of rotatable bonds is 7. The van der Waals surface area contributed by atoms with Crippen molar-refractivity contribution in [2.45, 2.75) is 52.1 Å². The van der Waals surface area contributed by atoms with Gasteiger partial charge in [0.1, 0.15) is 0 Å². The number of ether oxygens (including phenoxy) is 1. The van der Waals surface area contributed by atoms with Crippen LogP contribution in [-0.4, -0.2) is 62.3 Å². The summed E-state index contributed by atoms with van der Waals surface area (Å²) in [5.41, 5.74) is 0. The number of guanidine groups is 1. The molecule has 1 heterocycles. The third kappa shape index (κ3) is 7.70.